The highest BCUT2D eigenvalue weighted by molar-refractivity contribution is 5.48. The van der Waals surface area contributed by atoms with E-state index in [1.807, 2.05) is 19.1 Å². The minimum atomic E-state index is -2.55. The van der Waals surface area contributed by atoms with E-state index in [2.05, 4.69) is 0 Å². The van der Waals surface area contributed by atoms with Gasteiger partial charge in [-0.3, -0.25) is 0 Å². The van der Waals surface area contributed by atoms with Gasteiger partial charge in [0.1, 0.15) is 11.5 Å². The first-order valence-electron chi connectivity index (χ1n) is 6.07. The standard InChI is InChI=1S/C14H18F2O2/c1-9-6-13(18-3)11(7-12(9)17-2)10-4-5-14(15,16)8-10/h6-7,10H,4-5,8H2,1-3H3. The van der Waals surface area contributed by atoms with Crippen molar-refractivity contribution in [3.05, 3.63) is 23.3 Å². The molecule has 2 nitrogen and oxygen atoms in total. The average molecular weight is 256 g/mol. The van der Waals surface area contributed by atoms with Crippen LogP contribution in [0.5, 0.6) is 11.5 Å². The molecule has 1 aromatic rings. The maximum absolute atomic E-state index is 13.3. The third-order valence-corrected chi connectivity index (χ3v) is 3.59. The van der Waals surface area contributed by atoms with Crippen LogP contribution >= 0.6 is 0 Å². The second kappa shape index (κ2) is 4.75. The first-order valence-corrected chi connectivity index (χ1v) is 6.07. The molecule has 18 heavy (non-hydrogen) atoms. The van der Waals surface area contributed by atoms with Crippen LogP contribution in [0.1, 0.15) is 36.3 Å². The van der Waals surface area contributed by atoms with E-state index in [9.17, 15) is 8.78 Å². The maximum atomic E-state index is 13.3. The third-order valence-electron chi connectivity index (χ3n) is 3.59. The summed E-state index contributed by atoms with van der Waals surface area (Å²) in [5.41, 5.74) is 1.78. The Kier molecular flexibility index (Phi) is 3.46. The van der Waals surface area contributed by atoms with Crippen LogP contribution in [0.15, 0.2) is 12.1 Å². The van der Waals surface area contributed by atoms with Crippen molar-refractivity contribution in [1.82, 2.24) is 0 Å². The van der Waals surface area contributed by atoms with Crippen LogP contribution in [0.25, 0.3) is 0 Å². The Balaban J connectivity index is 2.37. The van der Waals surface area contributed by atoms with Crippen molar-refractivity contribution in [3.8, 4) is 11.5 Å². The number of aryl methyl sites for hydroxylation is 1. The number of benzene rings is 1. The number of ether oxygens (including phenoxy) is 2. The lowest BCUT2D eigenvalue weighted by atomic mass is 9.95. The van der Waals surface area contributed by atoms with Gasteiger partial charge in [0.15, 0.2) is 0 Å². The summed E-state index contributed by atoms with van der Waals surface area (Å²) in [7, 11) is 3.15. The zero-order valence-corrected chi connectivity index (χ0v) is 10.9. The fraction of sp³-hybridized carbons (Fsp3) is 0.571. The van der Waals surface area contributed by atoms with E-state index in [4.69, 9.17) is 9.47 Å². The van der Waals surface area contributed by atoms with Gasteiger partial charge < -0.3 is 9.47 Å². The molecule has 1 aliphatic rings. The van der Waals surface area contributed by atoms with Crippen LogP contribution in [-0.4, -0.2) is 20.1 Å². The van der Waals surface area contributed by atoms with Gasteiger partial charge in [0.2, 0.25) is 5.92 Å². The molecule has 4 heteroatoms. The van der Waals surface area contributed by atoms with E-state index >= 15 is 0 Å². The Hall–Kier alpha value is -1.32. The van der Waals surface area contributed by atoms with Gasteiger partial charge in [-0.15, -0.1) is 0 Å². The van der Waals surface area contributed by atoms with E-state index in [1.54, 1.807) is 14.2 Å². The number of rotatable bonds is 3. The number of halogens is 2. The number of hydrogen-bond acceptors (Lipinski definition) is 2. The molecule has 1 atom stereocenters. The van der Waals surface area contributed by atoms with Crippen LogP contribution in [-0.2, 0) is 0 Å². The molecule has 0 spiro atoms. The molecule has 0 N–H and O–H groups in total. The normalized spacial score (nSPS) is 21.9. The minimum absolute atomic E-state index is 0.0446. The summed E-state index contributed by atoms with van der Waals surface area (Å²) >= 11 is 0. The average Bonchev–Trinajstić information content (AvgIpc) is 2.69. The van der Waals surface area contributed by atoms with Gasteiger partial charge in [0.05, 0.1) is 14.2 Å². The summed E-state index contributed by atoms with van der Waals surface area (Å²) in [6.07, 6.45) is 0.349. The van der Waals surface area contributed by atoms with E-state index in [-0.39, 0.29) is 18.8 Å². The van der Waals surface area contributed by atoms with Crippen LogP contribution in [0.2, 0.25) is 0 Å². The molecule has 0 aromatic heterocycles. The van der Waals surface area contributed by atoms with Crippen molar-refractivity contribution in [2.45, 2.75) is 38.0 Å². The van der Waals surface area contributed by atoms with Crippen molar-refractivity contribution < 1.29 is 18.3 Å². The maximum Gasteiger partial charge on any atom is 0.248 e. The first-order chi connectivity index (χ1) is 8.46. The van der Waals surface area contributed by atoms with Gasteiger partial charge in [-0.2, -0.15) is 0 Å². The van der Waals surface area contributed by atoms with E-state index in [1.165, 1.54) is 0 Å². The van der Waals surface area contributed by atoms with Crippen LogP contribution < -0.4 is 9.47 Å². The summed E-state index contributed by atoms with van der Waals surface area (Å²) in [6.45, 7) is 1.91. The van der Waals surface area contributed by atoms with Gasteiger partial charge in [-0.05, 0) is 37.0 Å². The monoisotopic (exact) mass is 256 g/mol. The highest BCUT2D eigenvalue weighted by Gasteiger charge is 2.41. The molecule has 0 amide bonds. The van der Waals surface area contributed by atoms with Gasteiger partial charge in [-0.25, -0.2) is 8.78 Å². The molecule has 1 saturated carbocycles. The molecule has 1 aromatic carbocycles. The Bertz CT molecular complexity index is 444. The van der Waals surface area contributed by atoms with Crippen molar-refractivity contribution in [1.29, 1.82) is 0 Å². The van der Waals surface area contributed by atoms with Crippen molar-refractivity contribution in [2.75, 3.05) is 14.2 Å². The molecule has 1 fully saturated rings. The van der Waals surface area contributed by atoms with Gasteiger partial charge in [0, 0.05) is 18.4 Å². The minimum Gasteiger partial charge on any atom is -0.496 e. The summed E-state index contributed by atoms with van der Waals surface area (Å²) in [6, 6.07) is 3.69. The SMILES string of the molecule is COc1cc(C2CCC(F)(F)C2)c(OC)cc1C. The topological polar surface area (TPSA) is 18.5 Å². The fourth-order valence-electron chi connectivity index (χ4n) is 2.61. The van der Waals surface area contributed by atoms with E-state index in [0.717, 1.165) is 16.9 Å². The van der Waals surface area contributed by atoms with Crippen LogP contribution in [0.3, 0.4) is 0 Å². The summed E-state index contributed by atoms with van der Waals surface area (Å²) < 4.78 is 37.2. The van der Waals surface area contributed by atoms with Gasteiger partial charge >= 0.3 is 0 Å². The Labute approximate surface area is 106 Å². The molecular formula is C14H18F2O2. The quantitative estimate of drug-likeness (QED) is 0.816. The lowest BCUT2D eigenvalue weighted by molar-refractivity contribution is 0.00772. The van der Waals surface area contributed by atoms with Gasteiger partial charge in [-0.1, -0.05) is 0 Å². The Morgan fingerprint density at radius 3 is 2.33 bits per heavy atom. The molecule has 0 radical (unpaired) electrons. The predicted octanol–water partition coefficient (Wildman–Crippen LogP) is 3.92. The van der Waals surface area contributed by atoms with Crippen molar-refractivity contribution >= 4 is 0 Å². The molecule has 1 aliphatic carbocycles. The summed E-state index contributed by atoms with van der Waals surface area (Å²) in [5, 5.41) is 0. The zero-order chi connectivity index (χ0) is 13.3. The zero-order valence-electron chi connectivity index (χ0n) is 10.9. The van der Waals surface area contributed by atoms with Crippen LogP contribution in [0, 0.1) is 6.92 Å². The number of hydrogen-bond donors (Lipinski definition) is 0. The number of methoxy groups -OCH3 is 2. The Morgan fingerprint density at radius 1 is 1.17 bits per heavy atom. The third kappa shape index (κ3) is 2.42. The summed E-state index contributed by atoms with van der Waals surface area (Å²) in [4.78, 5) is 0. The molecule has 2 rings (SSSR count). The highest BCUT2D eigenvalue weighted by Crippen LogP contribution is 2.47. The van der Waals surface area contributed by atoms with Gasteiger partial charge in [0.25, 0.3) is 0 Å². The second-order valence-corrected chi connectivity index (χ2v) is 4.86. The lowest BCUT2D eigenvalue weighted by Gasteiger charge is -2.17. The molecule has 1 unspecified atom stereocenters. The Morgan fingerprint density at radius 2 is 1.83 bits per heavy atom. The summed E-state index contributed by atoms with van der Waals surface area (Å²) in [5.74, 6) is -1.30. The first kappa shape index (κ1) is 13.1. The second-order valence-electron chi connectivity index (χ2n) is 4.86. The number of alkyl halides is 2. The van der Waals surface area contributed by atoms with E-state index in [0.29, 0.717) is 12.2 Å². The predicted molar refractivity (Wildman–Crippen MR) is 65.8 cm³/mol. The lowest BCUT2D eigenvalue weighted by Crippen LogP contribution is -2.09. The van der Waals surface area contributed by atoms with Crippen molar-refractivity contribution in [2.24, 2.45) is 0 Å². The van der Waals surface area contributed by atoms with E-state index < -0.39 is 5.92 Å². The van der Waals surface area contributed by atoms with Crippen molar-refractivity contribution in [3.63, 3.8) is 0 Å². The molecule has 0 bridgehead atoms. The molecule has 0 saturated heterocycles. The molecule has 100 valence electrons. The largest absolute Gasteiger partial charge is 0.496 e. The molecular weight excluding hydrogens is 238 g/mol. The highest BCUT2D eigenvalue weighted by atomic mass is 19.3. The van der Waals surface area contributed by atoms with Crippen LogP contribution in [0.4, 0.5) is 8.78 Å². The smallest absolute Gasteiger partial charge is 0.248 e. The molecule has 0 aliphatic heterocycles. The fourth-order valence-corrected chi connectivity index (χ4v) is 2.61. The molecule has 0 heterocycles.